The molecule has 1 aliphatic carbocycles. The molecule has 0 bridgehead atoms. The van der Waals surface area contributed by atoms with Crippen LogP contribution in [-0.4, -0.2) is 12.1 Å². The SMILES string of the molecule is COc1ccc([C@H]2CC[C@H](/C=C/Cl)CC2)nc1. The summed E-state index contributed by atoms with van der Waals surface area (Å²) >= 11 is 5.61. The Bertz CT molecular complexity index is 366. The predicted molar refractivity (Wildman–Crippen MR) is 70.5 cm³/mol. The molecular formula is C14H18ClNO. The van der Waals surface area contributed by atoms with Crippen LogP contribution in [0.2, 0.25) is 0 Å². The molecule has 1 fully saturated rings. The van der Waals surface area contributed by atoms with Gasteiger partial charge >= 0.3 is 0 Å². The Morgan fingerprint density at radius 1 is 1.29 bits per heavy atom. The van der Waals surface area contributed by atoms with Crippen LogP contribution in [0.3, 0.4) is 0 Å². The van der Waals surface area contributed by atoms with E-state index in [1.54, 1.807) is 18.8 Å². The van der Waals surface area contributed by atoms with E-state index < -0.39 is 0 Å². The average molecular weight is 252 g/mol. The number of methoxy groups -OCH3 is 1. The molecule has 0 atom stereocenters. The third kappa shape index (κ3) is 3.22. The fourth-order valence-corrected chi connectivity index (χ4v) is 2.67. The van der Waals surface area contributed by atoms with Gasteiger partial charge in [0.05, 0.1) is 13.3 Å². The quantitative estimate of drug-likeness (QED) is 0.806. The minimum atomic E-state index is 0.598. The van der Waals surface area contributed by atoms with Crippen LogP contribution in [0.25, 0.3) is 0 Å². The second kappa shape index (κ2) is 6.06. The number of aromatic nitrogens is 1. The van der Waals surface area contributed by atoms with Gasteiger partial charge in [0.1, 0.15) is 5.75 Å². The van der Waals surface area contributed by atoms with Crippen molar-refractivity contribution in [3.8, 4) is 5.75 Å². The number of halogens is 1. The van der Waals surface area contributed by atoms with Crippen molar-refractivity contribution in [2.75, 3.05) is 7.11 Å². The van der Waals surface area contributed by atoms with Crippen molar-refractivity contribution in [3.05, 3.63) is 35.6 Å². The predicted octanol–water partition coefficient (Wildman–Crippen LogP) is 4.12. The van der Waals surface area contributed by atoms with E-state index in [2.05, 4.69) is 17.1 Å². The van der Waals surface area contributed by atoms with E-state index in [1.165, 1.54) is 31.4 Å². The number of allylic oxidation sites excluding steroid dienone is 1. The van der Waals surface area contributed by atoms with E-state index in [9.17, 15) is 0 Å². The lowest BCUT2D eigenvalue weighted by atomic mass is 9.80. The molecule has 2 nitrogen and oxygen atoms in total. The largest absolute Gasteiger partial charge is 0.495 e. The van der Waals surface area contributed by atoms with E-state index in [0.717, 1.165) is 5.75 Å². The van der Waals surface area contributed by atoms with E-state index in [-0.39, 0.29) is 0 Å². The van der Waals surface area contributed by atoms with Crippen molar-refractivity contribution in [1.29, 1.82) is 0 Å². The summed E-state index contributed by atoms with van der Waals surface area (Å²) in [4.78, 5) is 4.48. The van der Waals surface area contributed by atoms with Gasteiger partial charge in [-0.05, 0) is 43.7 Å². The van der Waals surface area contributed by atoms with Gasteiger partial charge in [-0.2, -0.15) is 0 Å². The van der Waals surface area contributed by atoms with Crippen molar-refractivity contribution >= 4 is 11.6 Å². The van der Waals surface area contributed by atoms with E-state index >= 15 is 0 Å². The van der Waals surface area contributed by atoms with Crippen molar-refractivity contribution in [2.24, 2.45) is 5.92 Å². The number of pyridine rings is 1. The van der Waals surface area contributed by atoms with Crippen LogP contribution in [0.15, 0.2) is 29.9 Å². The Labute approximate surface area is 108 Å². The van der Waals surface area contributed by atoms with Gasteiger partial charge in [0.25, 0.3) is 0 Å². The molecule has 0 aromatic carbocycles. The fourth-order valence-electron chi connectivity index (χ4n) is 2.46. The molecular weight excluding hydrogens is 234 g/mol. The van der Waals surface area contributed by atoms with Crippen molar-refractivity contribution in [3.63, 3.8) is 0 Å². The topological polar surface area (TPSA) is 22.1 Å². The van der Waals surface area contributed by atoms with Crippen LogP contribution in [-0.2, 0) is 0 Å². The maximum atomic E-state index is 5.61. The fraction of sp³-hybridized carbons (Fsp3) is 0.500. The minimum absolute atomic E-state index is 0.598. The van der Waals surface area contributed by atoms with E-state index in [1.807, 2.05) is 6.07 Å². The van der Waals surface area contributed by atoms with Gasteiger partial charge in [0, 0.05) is 17.1 Å². The second-order valence-electron chi connectivity index (χ2n) is 4.55. The van der Waals surface area contributed by atoms with Gasteiger partial charge in [-0.3, -0.25) is 4.98 Å². The van der Waals surface area contributed by atoms with Gasteiger partial charge in [-0.25, -0.2) is 0 Å². The molecule has 0 saturated heterocycles. The van der Waals surface area contributed by atoms with Gasteiger partial charge in [-0.1, -0.05) is 17.7 Å². The number of nitrogens with zero attached hydrogens (tertiary/aromatic N) is 1. The summed E-state index contributed by atoms with van der Waals surface area (Å²) in [6.07, 6.45) is 8.74. The highest BCUT2D eigenvalue weighted by atomic mass is 35.5. The number of ether oxygens (including phenoxy) is 1. The molecule has 17 heavy (non-hydrogen) atoms. The monoisotopic (exact) mass is 251 g/mol. The molecule has 0 aliphatic heterocycles. The van der Waals surface area contributed by atoms with Crippen LogP contribution in [0.5, 0.6) is 5.75 Å². The van der Waals surface area contributed by atoms with Crippen LogP contribution in [0.4, 0.5) is 0 Å². The molecule has 92 valence electrons. The molecule has 0 amide bonds. The molecule has 1 aliphatic rings. The summed E-state index contributed by atoms with van der Waals surface area (Å²) in [5.74, 6) is 2.08. The molecule has 0 radical (unpaired) electrons. The lowest BCUT2D eigenvalue weighted by Gasteiger charge is -2.26. The Kier molecular flexibility index (Phi) is 4.43. The molecule has 0 N–H and O–H groups in total. The van der Waals surface area contributed by atoms with Crippen molar-refractivity contribution < 1.29 is 4.74 Å². The maximum absolute atomic E-state index is 5.61. The molecule has 1 aromatic heterocycles. The molecule has 1 aromatic rings. The van der Waals surface area contributed by atoms with Crippen molar-refractivity contribution in [1.82, 2.24) is 4.98 Å². The zero-order valence-electron chi connectivity index (χ0n) is 10.1. The number of hydrogen-bond acceptors (Lipinski definition) is 2. The van der Waals surface area contributed by atoms with Crippen LogP contribution in [0.1, 0.15) is 37.3 Å². The zero-order chi connectivity index (χ0) is 12.1. The highest BCUT2D eigenvalue weighted by Crippen LogP contribution is 2.35. The summed E-state index contributed by atoms with van der Waals surface area (Å²) < 4.78 is 5.12. The smallest absolute Gasteiger partial charge is 0.137 e. The summed E-state index contributed by atoms with van der Waals surface area (Å²) in [6.45, 7) is 0. The Hall–Kier alpha value is -1.02. The van der Waals surface area contributed by atoms with Crippen LogP contribution < -0.4 is 4.74 Å². The highest BCUT2D eigenvalue weighted by molar-refractivity contribution is 6.25. The minimum Gasteiger partial charge on any atom is -0.495 e. The van der Waals surface area contributed by atoms with Crippen LogP contribution in [0, 0.1) is 5.92 Å². The van der Waals surface area contributed by atoms with E-state index in [4.69, 9.17) is 16.3 Å². The summed E-state index contributed by atoms with van der Waals surface area (Å²) in [6, 6.07) is 4.08. The van der Waals surface area contributed by atoms with Crippen LogP contribution >= 0.6 is 11.6 Å². The van der Waals surface area contributed by atoms with E-state index in [0.29, 0.717) is 11.8 Å². The molecule has 2 rings (SSSR count). The Morgan fingerprint density at radius 3 is 2.59 bits per heavy atom. The number of rotatable bonds is 3. The van der Waals surface area contributed by atoms with Gasteiger partial charge in [-0.15, -0.1) is 0 Å². The molecule has 1 saturated carbocycles. The summed E-state index contributed by atoms with van der Waals surface area (Å²) in [5, 5.41) is 0. The Balaban J connectivity index is 1.95. The van der Waals surface area contributed by atoms with Crippen molar-refractivity contribution in [2.45, 2.75) is 31.6 Å². The lowest BCUT2D eigenvalue weighted by Crippen LogP contribution is -2.12. The molecule has 1 heterocycles. The Morgan fingerprint density at radius 2 is 2.06 bits per heavy atom. The standard InChI is InChI=1S/C14H18ClNO/c1-17-13-6-7-14(16-10-13)12-4-2-11(3-5-12)8-9-15/h6-12H,2-5H2,1H3/b9-8+/t11-,12-. The summed E-state index contributed by atoms with van der Waals surface area (Å²) in [7, 11) is 1.67. The maximum Gasteiger partial charge on any atom is 0.137 e. The first kappa shape index (κ1) is 12.4. The molecule has 0 unspecified atom stereocenters. The average Bonchev–Trinajstić information content (AvgIpc) is 2.40. The highest BCUT2D eigenvalue weighted by Gasteiger charge is 2.21. The second-order valence-corrected chi connectivity index (χ2v) is 4.81. The normalized spacial score (nSPS) is 25.1. The van der Waals surface area contributed by atoms with Gasteiger partial charge in [0.15, 0.2) is 0 Å². The third-order valence-corrected chi connectivity index (χ3v) is 3.68. The third-order valence-electron chi connectivity index (χ3n) is 3.53. The lowest BCUT2D eigenvalue weighted by molar-refractivity contribution is 0.370. The molecule has 3 heteroatoms. The van der Waals surface area contributed by atoms with Gasteiger partial charge < -0.3 is 4.74 Å². The first-order valence-corrected chi connectivity index (χ1v) is 6.54. The number of hydrogen-bond donors (Lipinski definition) is 0. The zero-order valence-corrected chi connectivity index (χ0v) is 10.9. The first-order valence-electron chi connectivity index (χ1n) is 6.10. The molecule has 0 spiro atoms. The van der Waals surface area contributed by atoms with Gasteiger partial charge in [0.2, 0.25) is 0 Å². The summed E-state index contributed by atoms with van der Waals surface area (Å²) in [5.41, 5.74) is 2.84. The first-order chi connectivity index (χ1) is 8.33.